The van der Waals surface area contributed by atoms with Crippen LogP contribution in [0.5, 0.6) is 0 Å². The van der Waals surface area contributed by atoms with Gasteiger partial charge in [0.15, 0.2) is 0 Å². The number of nitrogens with zero attached hydrogens (tertiary/aromatic N) is 1. The van der Waals surface area contributed by atoms with Crippen LogP contribution in [0.3, 0.4) is 0 Å². The molecule has 0 aliphatic carbocycles. The topological polar surface area (TPSA) is 87.7 Å². The third-order valence-corrected chi connectivity index (χ3v) is 5.30. The lowest BCUT2D eigenvalue weighted by Gasteiger charge is -2.27. The second-order valence-electron chi connectivity index (χ2n) is 7.00. The summed E-state index contributed by atoms with van der Waals surface area (Å²) in [5.74, 6) is -0.488. The molecule has 29 heavy (non-hydrogen) atoms. The van der Waals surface area contributed by atoms with Gasteiger partial charge in [-0.15, -0.1) is 0 Å². The molecule has 2 aromatic rings. The predicted octanol–water partition coefficient (Wildman–Crippen LogP) is 2.24. The number of morpholine rings is 1. The predicted molar refractivity (Wildman–Crippen MR) is 108 cm³/mol. The van der Waals surface area contributed by atoms with Crippen LogP contribution >= 0.6 is 11.6 Å². The van der Waals surface area contributed by atoms with Crippen LogP contribution in [0.2, 0.25) is 5.02 Å². The maximum Gasteiger partial charge on any atom is 0.254 e. The highest BCUT2D eigenvalue weighted by molar-refractivity contribution is 6.34. The minimum atomic E-state index is -0.331. The number of carbonyl (C=O) groups excluding carboxylic acids is 3. The summed E-state index contributed by atoms with van der Waals surface area (Å²) in [6.45, 7) is 2.50. The Morgan fingerprint density at radius 2 is 1.97 bits per heavy atom. The zero-order valence-electron chi connectivity index (χ0n) is 15.7. The monoisotopic (exact) mass is 413 g/mol. The van der Waals surface area contributed by atoms with Crippen LogP contribution in [0, 0.1) is 0 Å². The molecule has 0 spiro atoms. The first kappa shape index (κ1) is 19.4. The molecular formula is C21H20ClN3O4. The Kier molecular flexibility index (Phi) is 5.51. The van der Waals surface area contributed by atoms with Gasteiger partial charge in [-0.1, -0.05) is 23.7 Å². The van der Waals surface area contributed by atoms with Crippen molar-refractivity contribution < 1.29 is 19.1 Å². The fourth-order valence-electron chi connectivity index (χ4n) is 3.46. The van der Waals surface area contributed by atoms with Crippen molar-refractivity contribution in [3.8, 4) is 0 Å². The number of rotatable bonds is 4. The summed E-state index contributed by atoms with van der Waals surface area (Å²) < 4.78 is 5.28. The number of hydrogen-bond acceptors (Lipinski definition) is 4. The van der Waals surface area contributed by atoms with Gasteiger partial charge < -0.3 is 20.3 Å². The molecule has 1 fully saturated rings. The molecule has 2 heterocycles. The van der Waals surface area contributed by atoms with Gasteiger partial charge in [0.2, 0.25) is 5.91 Å². The molecule has 2 N–H and O–H groups in total. The molecule has 2 aliphatic heterocycles. The largest absolute Gasteiger partial charge is 0.378 e. The van der Waals surface area contributed by atoms with Crippen LogP contribution in [0.25, 0.3) is 0 Å². The fraction of sp³-hybridized carbons (Fsp3) is 0.286. The van der Waals surface area contributed by atoms with Crippen molar-refractivity contribution in [2.75, 3.05) is 31.6 Å². The number of ether oxygens (including phenoxy) is 1. The maximum absolute atomic E-state index is 12.6. The van der Waals surface area contributed by atoms with Gasteiger partial charge in [0.1, 0.15) is 0 Å². The highest BCUT2D eigenvalue weighted by Gasteiger charge is 2.22. The normalized spacial score (nSPS) is 15.6. The van der Waals surface area contributed by atoms with Crippen molar-refractivity contribution in [3.05, 3.63) is 63.7 Å². The highest BCUT2D eigenvalue weighted by atomic mass is 35.5. The van der Waals surface area contributed by atoms with Gasteiger partial charge in [-0.25, -0.2) is 0 Å². The van der Waals surface area contributed by atoms with Crippen molar-refractivity contribution in [2.24, 2.45) is 0 Å². The molecule has 0 unspecified atom stereocenters. The van der Waals surface area contributed by atoms with E-state index in [1.165, 1.54) is 0 Å². The number of carbonyl (C=O) groups is 3. The zero-order chi connectivity index (χ0) is 20.4. The van der Waals surface area contributed by atoms with Crippen molar-refractivity contribution >= 4 is 35.0 Å². The second-order valence-corrected chi connectivity index (χ2v) is 7.41. The average molecular weight is 414 g/mol. The summed E-state index contributed by atoms with van der Waals surface area (Å²) >= 11 is 6.21. The van der Waals surface area contributed by atoms with E-state index in [1.807, 2.05) is 6.07 Å². The lowest BCUT2D eigenvalue weighted by molar-refractivity contribution is -0.115. The van der Waals surface area contributed by atoms with Gasteiger partial charge in [-0.05, 0) is 35.4 Å². The smallest absolute Gasteiger partial charge is 0.254 e. The van der Waals surface area contributed by atoms with Gasteiger partial charge in [-0.3, -0.25) is 14.4 Å². The Balaban J connectivity index is 1.43. The number of hydrogen-bond donors (Lipinski definition) is 2. The summed E-state index contributed by atoms with van der Waals surface area (Å²) in [4.78, 5) is 38.5. The van der Waals surface area contributed by atoms with Crippen LogP contribution in [-0.2, 0) is 22.5 Å². The Bertz CT molecular complexity index is 986. The van der Waals surface area contributed by atoms with E-state index in [9.17, 15) is 14.4 Å². The van der Waals surface area contributed by atoms with Crippen molar-refractivity contribution in [1.29, 1.82) is 0 Å². The number of halogens is 1. The summed E-state index contributed by atoms with van der Waals surface area (Å²) in [5.41, 5.74) is 3.11. The summed E-state index contributed by atoms with van der Waals surface area (Å²) in [7, 11) is 0. The summed E-state index contributed by atoms with van der Waals surface area (Å²) in [5, 5.41) is 5.82. The van der Waals surface area contributed by atoms with Crippen LogP contribution < -0.4 is 10.6 Å². The van der Waals surface area contributed by atoms with Crippen molar-refractivity contribution in [3.63, 3.8) is 0 Å². The first-order valence-electron chi connectivity index (χ1n) is 9.38. The van der Waals surface area contributed by atoms with E-state index >= 15 is 0 Å². The minimum absolute atomic E-state index is 0.0414. The van der Waals surface area contributed by atoms with Crippen LogP contribution in [0.15, 0.2) is 36.4 Å². The number of fused-ring (bicyclic) bond motifs is 1. The molecule has 0 radical (unpaired) electrons. The Morgan fingerprint density at radius 3 is 2.76 bits per heavy atom. The molecule has 0 aromatic heterocycles. The van der Waals surface area contributed by atoms with E-state index in [-0.39, 0.29) is 35.7 Å². The van der Waals surface area contributed by atoms with Crippen molar-refractivity contribution in [1.82, 2.24) is 10.2 Å². The third-order valence-electron chi connectivity index (χ3n) is 4.99. The van der Waals surface area contributed by atoms with Gasteiger partial charge in [0, 0.05) is 30.9 Å². The molecule has 4 rings (SSSR count). The average Bonchev–Trinajstić information content (AvgIpc) is 3.10. The van der Waals surface area contributed by atoms with E-state index < -0.39 is 0 Å². The second kappa shape index (κ2) is 8.23. The molecule has 0 saturated carbocycles. The first-order chi connectivity index (χ1) is 14.0. The highest BCUT2D eigenvalue weighted by Crippen LogP contribution is 2.29. The molecule has 2 aromatic carbocycles. The van der Waals surface area contributed by atoms with E-state index in [1.54, 1.807) is 35.2 Å². The van der Waals surface area contributed by atoms with E-state index in [2.05, 4.69) is 10.6 Å². The fourth-order valence-corrected chi connectivity index (χ4v) is 3.71. The Morgan fingerprint density at radius 1 is 1.17 bits per heavy atom. The van der Waals surface area contributed by atoms with Crippen LogP contribution in [-0.4, -0.2) is 48.9 Å². The quantitative estimate of drug-likeness (QED) is 0.804. The molecule has 7 nitrogen and oxygen atoms in total. The zero-order valence-corrected chi connectivity index (χ0v) is 16.4. The van der Waals surface area contributed by atoms with Crippen LogP contribution in [0.1, 0.15) is 31.8 Å². The van der Waals surface area contributed by atoms with E-state index in [0.29, 0.717) is 43.1 Å². The summed E-state index contributed by atoms with van der Waals surface area (Å²) in [6, 6.07) is 10.4. The molecule has 2 aliphatic rings. The minimum Gasteiger partial charge on any atom is -0.378 e. The number of benzene rings is 2. The Hall–Kier alpha value is -2.90. The number of amides is 3. The maximum atomic E-state index is 12.6. The molecule has 3 amide bonds. The van der Waals surface area contributed by atoms with E-state index in [0.717, 1.165) is 11.1 Å². The molecule has 150 valence electrons. The SMILES string of the molecule is O=C1Cc2cc(C(=O)NCc3cccc(C(=O)N4CCOCC4)c3)c(Cl)cc2N1. The van der Waals surface area contributed by atoms with Gasteiger partial charge >= 0.3 is 0 Å². The molecule has 8 heteroatoms. The third kappa shape index (κ3) is 4.26. The molecule has 0 bridgehead atoms. The lowest BCUT2D eigenvalue weighted by Crippen LogP contribution is -2.40. The molecular weight excluding hydrogens is 394 g/mol. The lowest BCUT2D eigenvalue weighted by atomic mass is 10.1. The van der Waals surface area contributed by atoms with E-state index in [4.69, 9.17) is 16.3 Å². The molecule has 1 saturated heterocycles. The van der Waals surface area contributed by atoms with Crippen molar-refractivity contribution in [2.45, 2.75) is 13.0 Å². The van der Waals surface area contributed by atoms with Gasteiger partial charge in [0.05, 0.1) is 30.2 Å². The standard InChI is InChI=1S/C21H20ClN3O4/c22-17-11-18-15(10-19(26)24-18)9-16(17)20(27)23-12-13-2-1-3-14(8-13)21(28)25-4-6-29-7-5-25/h1-3,8-9,11H,4-7,10,12H2,(H,23,27)(H,24,26). The number of nitrogens with one attached hydrogen (secondary N) is 2. The van der Waals surface area contributed by atoms with Gasteiger partial charge in [-0.2, -0.15) is 0 Å². The number of anilines is 1. The first-order valence-corrected chi connectivity index (χ1v) is 9.75. The summed E-state index contributed by atoms with van der Waals surface area (Å²) in [6.07, 6.45) is 0.235. The van der Waals surface area contributed by atoms with Crippen LogP contribution in [0.4, 0.5) is 5.69 Å². The Labute approximate surface area is 173 Å². The van der Waals surface area contributed by atoms with Gasteiger partial charge in [0.25, 0.3) is 11.8 Å². The molecule has 0 atom stereocenters.